The van der Waals surface area contributed by atoms with E-state index in [-0.39, 0.29) is 0 Å². The number of esters is 1. The SMILES string of the molecule is CCCCCCCCCCCCCCCCCCCCC[C@H](C(=O)OC[C@H]1O[C@H](O[C@H]2O[C@H](CO)[C@@H](O)[C@H](O)[C@H]2O)[C@H](O)[C@@H](O)[C@@H]1O)[C@@H](O)CCCCCCCCCCCCCCCCC[C@@H]1C[C@H]1CC. The predicted molar refractivity (Wildman–Crippen MR) is 280 cm³/mol. The molecular formula is C58H110O13. The maximum absolute atomic E-state index is 13.7. The number of unbranched alkanes of at least 4 members (excludes halogenated alkanes) is 32. The summed E-state index contributed by atoms with van der Waals surface area (Å²) >= 11 is 0. The van der Waals surface area contributed by atoms with Crippen LogP contribution in [0, 0.1) is 17.8 Å². The van der Waals surface area contributed by atoms with Crippen LogP contribution in [-0.4, -0.2) is 128 Å². The first-order chi connectivity index (χ1) is 34.5. The van der Waals surface area contributed by atoms with Crippen LogP contribution in [0.25, 0.3) is 0 Å². The van der Waals surface area contributed by atoms with Crippen LogP contribution in [0.3, 0.4) is 0 Å². The number of hydrogen-bond acceptors (Lipinski definition) is 13. The monoisotopic (exact) mass is 1010 g/mol. The van der Waals surface area contributed by atoms with Crippen LogP contribution in [0.15, 0.2) is 0 Å². The van der Waals surface area contributed by atoms with Gasteiger partial charge in [0.25, 0.3) is 0 Å². The van der Waals surface area contributed by atoms with Gasteiger partial charge in [0.05, 0.1) is 18.6 Å². The Bertz CT molecular complexity index is 1260. The lowest BCUT2D eigenvalue weighted by molar-refractivity contribution is -0.376. The highest BCUT2D eigenvalue weighted by Gasteiger charge is 2.50. The second-order valence-electron chi connectivity index (χ2n) is 22.3. The minimum Gasteiger partial charge on any atom is -0.463 e. The van der Waals surface area contributed by atoms with Crippen molar-refractivity contribution in [2.45, 2.75) is 332 Å². The molecule has 3 aliphatic rings. The number of carbonyl (C=O) groups is 1. The van der Waals surface area contributed by atoms with Gasteiger partial charge < -0.3 is 59.8 Å². The third-order valence-corrected chi connectivity index (χ3v) is 16.2. The molecule has 71 heavy (non-hydrogen) atoms. The summed E-state index contributed by atoms with van der Waals surface area (Å²) in [6, 6.07) is 0. The van der Waals surface area contributed by atoms with Gasteiger partial charge in [-0.1, -0.05) is 245 Å². The molecule has 13 nitrogen and oxygen atoms in total. The number of ether oxygens (including phenoxy) is 4. The summed E-state index contributed by atoms with van der Waals surface area (Å²) in [5.74, 6) is 0.689. The van der Waals surface area contributed by atoms with E-state index in [9.17, 15) is 45.6 Å². The summed E-state index contributed by atoms with van der Waals surface area (Å²) in [6.45, 7) is 3.38. The molecule has 0 spiro atoms. The van der Waals surface area contributed by atoms with Gasteiger partial charge >= 0.3 is 5.97 Å². The van der Waals surface area contributed by atoms with Crippen molar-refractivity contribution >= 4 is 5.97 Å². The van der Waals surface area contributed by atoms with Gasteiger partial charge in [0.1, 0.15) is 55.4 Å². The molecule has 2 saturated heterocycles. The Morgan fingerprint density at radius 1 is 0.465 bits per heavy atom. The van der Waals surface area contributed by atoms with Crippen LogP contribution in [0.4, 0.5) is 0 Å². The van der Waals surface area contributed by atoms with E-state index in [1.54, 1.807) is 0 Å². The van der Waals surface area contributed by atoms with Gasteiger partial charge in [-0.3, -0.25) is 4.79 Å². The van der Waals surface area contributed by atoms with Crippen molar-refractivity contribution in [3.05, 3.63) is 0 Å². The van der Waals surface area contributed by atoms with E-state index in [1.807, 2.05) is 0 Å². The Labute approximate surface area is 431 Å². The molecule has 0 aromatic heterocycles. The van der Waals surface area contributed by atoms with Gasteiger partial charge in [-0.15, -0.1) is 0 Å². The van der Waals surface area contributed by atoms with Crippen LogP contribution in [0.5, 0.6) is 0 Å². The Hall–Kier alpha value is -0.970. The Balaban J connectivity index is 1.34. The number of hydrogen-bond donors (Lipinski definition) is 8. The first-order valence-electron chi connectivity index (χ1n) is 30.0. The fourth-order valence-corrected chi connectivity index (χ4v) is 11.1. The van der Waals surface area contributed by atoms with Crippen LogP contribution in [0.1, 0.15) is 264 Å². The number of aliphatic hydroxyl groups excluding tert-OH is 8. The van der Waals surface area contributed by atoms with Gasteiger partial charge in [-0.2, -0.15) is 0 Å². The zero-order valence-corrected chi connectivity index (χ0v) is 45.2. The molecule has 1 saturated carbocycles. The molecule has 3 rings (SSSR count). The summed E-state index contributed by atoms with van der Waals surface area (Å²) in [4.78, 5) is 13.7. The Kier molecular flexibility index (Phi) is 36.5. The Morgan fingerprint density at radius 2 is 0.831 bits per heavy atom. The largest absolute Gasteiger partial charge is 0.463 e. The summed E-state index contributed by atoms with van der Waals surface area (Å²) in [5.41, 5.74) is 0. The second-order valence-corrected chi connectivity index (χ2v) is 22.3. The molecule has 0 unspecified atom stereocenters. The minimum absolute atomic E-state index is 0.455. The molecule has 2 heterocycles. The molecule has 14 atom stereocenters. The van der Waals surface area contributed by atoms with Crippen molar-refractivity contribution in [3.8, 4) is 0 Å². The molecule has 420 valence electrons. The summed E-state index contributed by atoms with van der Waals surface area (Å²) in [6.07, 6.45) is 30.8. The van der Waals surface area contributed by atoms with Gasteiger partial charge in [0.15, 0.2) is 12.6 Å². The van der Waals surface area contributed by atoms with E-state index in [2.05, 4.69) is 13.8 Å². The third kappa shape index (κ3) is 27.1. The zero-order chi connectivity index (χ0) is 51.5. The molecule has 1 aliphatic carbocycles. The smallest absolute Gasteiger partial charge is 0.311 e. The normalized spacial score (nSPS) is 28.5. The number of rotatable bonds is 46. The first-order valence-corrected chi connectivity index (χ1v) is 30.0. The van der Waals surface area contributed by atoms with E-state index < -0.39 is 92.6 Å². The molecule has 2 aliphatic heterocycles. The molecule has 0 aromatic carbocycles. The second kappa shape index (κ2) is 40.3. The summed E-state index contributed by atoms with van der Waals surface area (Å²) < 4.78 is 22.3. The van der Waals surface area contributed by atoms with Crippen LogP contribution < -0.4 is 0 Å². The zero-order valence-electron chi connectivity index (χ0n) is 45.2. The van der Waals surface area contributed by atoms with Crippen molar-refractivity contribution in [1.29, 1.82) is 0 Å². The van der Waals surface area contributed by atoms with E-state index in [0.29, 0.717) is 12.8 Å². The number of aliphatic hydroxyl groups is 8. The molecule has 0 bridgehead atoms. The first kappa shape index (κ1) is 64.3. The van der Waals surface area contributed by atoms with Gasteiger partial charge in [0, 0.05) is 0 Å². The van der Waals surface area contributed by atoms with Crippen LogP contribution in [-0.2, 0) is 23.7 Å². The number of carbonyl (C=O) groups excluding carboxylic acids is 1. The van der Waals surface area contributed by atoms with Gasteiger partial charge in [0.2, 0.25) is 0 Å². The molecule has 0 radical (unpaired) electrons. The fraction of sp³-hybridized carbons (Fsp3) is 0.983. The lowest BCUT2D eigenvalue weighted by Gasteiger charge is -2.44. The molecule has 8 N–H and O–H groups in total. The highest BCUT2D eigenvalue weighted by Crippen LogP contribution is 2.44. The summed E-state index contributed by atoms with van der Waals surface area (Å²) in [5, 5.41) is 83.9. The van der Waals surface area contributed by atoms with Crippen molar-refractivity contribution in [2.24, 2.45) is 17.8 Å². The van der Waals surface area contributed by atoms with Crippen LogP contribution >= 0.6 is 0 Å². The van der Waals surface area contributed by atoms with Gasteiger partial charge in [-0.25, -0.2) is 0 Å². The molecule has 0 amide bonds. The summed E-state index contributed by atoms with van der Waals surface area (Å²) in [7, 11) is 0. The van der Waals surface area contributed by atoms with Crippen molar-refractivity contribution in [2.75, 3.05) is 13.2 Å². The average Bonchev–Trinajstić information content (AvgIpc) is 4.14. The predicted octanol–water partition coefficient (Wildman–Crippen LogP) is 10.6. The quantitative estimate of drug-likeness (QED) is 0.0211. The molecular weight excluding hydrogens is 905 g/mol. The lowest BCUT2D eigenvalue weighted by Crippen LogP contribution is -2.63. The fourth-order valence-electron chi connectivity index (χ4n) is 11.1. The Morgan fingerprint density at radius 3 is 1.23 bits per heavy atom. The maximum Gasteiger partial charge on any atom is 0.311 e. The third-order valence-electron chi connectivity index (χ3n) is 16.2. The van der Waals surface area contributed by atoms with E-state index in [1.165, 1.54) is 193 Å². The molecule has 13 heteroatoms. The molecule has 3 fully saturated rings. The highest BCUT2D eigenvalue weighted by atomic mass is 16.8. The van der Waals surface area contributed by atoms with Crippen molar-refractivity contribution < 1.29 is 64.6 Å². The minimum atomic E-state index is -1.82. The van der Waals surface area contributed by atoms with Gasteiger partial charge in [-0.05, 0) is 31.1 Å². The van der Waals surface area contributed by atoms with E-state index >= 15 is 0 Å². The van der Waals surface area contributed by atoms with Crippen molar-refractivity contribution in [3.63, 3.8) is 0 Å². The highest BCUT2D eigenvalue weighted by molar-refractivity contribution is 5.73. The van der Waals surface area contributed by atoms with E-state index in [0.717, 1.165) is 56.8 Å². The van der Waals surface area contributed by atoms with Crippen LogP contribution in [0.2, 0.25) is 0 Å². The maximum atomic E-state index is 13.7. The topological polar surface area (TPSA) is 216 Å². The average molecular weight is 1020 g/mol. The lowest BCUT2D eigenvalue weighted by atomic mass is 9.91. The van der Waals surface area contributed by atoms with E-state index in [4.69, 9.17) is 18.9 Å². The van der Waals surface area contributed by atoms with Crippen molar-refractivity contribution in [1.82, 2.24) is 0 Å². The molecule has 0 aromatic rings. The standard InChI is InChI=1S/C58H110O13/c1-3-5-6-7-8-9-10-11-12-13-14-15-18-21-24-27-30-33-36-39-46(47(60)40-37-34-31-28-25-22-19-16-17-20-23-26-29-32-35-38-45-41-44(45)4-2)56(67)68-43-49-51(62)53(64)55(66)58(70-49)71-57-54(65)52(63)50(61)48(42-59)69-57/h44-55,57-66H,3-43H2,1-2H3/t44-,45-,46+,47+,48-,49-,50-,51-,52+,53+,54-,55-,57-,58-/m1/s1.